The van der Waals surface area contributed by atoms with Gasteiger partial charge in [-0.1, -0.05) is 130 Å². The first-order valence-electron chi connectivity index (χ1n) is 14.3. The molecule has 4 rings (SSSR count). The van der Waals surface area contributed by atoms with Crippen molar-refractivity contribution in [3.05, 3.63) is 108 Å². The van der Waals surface area contributed by atoms with Gasteiger partial charge in [-0.2, -0.15) is 0 Å². The largest absolute Gasteiger partial charge is 0.481 e. The van der Waals surface area contributed by atoms with Crippen LogP contribution in [0.2, 0.25) is 0 Å². The number of esters is 1. The molecule has 0 aliphatic carbocycles. The fourth-order valence-electron chi connectivity index (χ4n) is 5.50. The van der Waals surface area contributed by atoms with Crippen LogP contribution >= 0.6 is 0 Å². The van der Waals surface area contributed by atoms with Gasteiger partial charge in [0.15, 0.2) is 0 Å². The molecule has 5 nitrogen and oxygen atoms in total. The van der Waals surface area contributed by atoms with E-state index in [4.69, 9.17) is 14.6 Å². The summed E-state index contributed by atoms with van der Waals surface area (Å²) in [6, 6.07) is 30.7. The standard InChI is InChI=1S/C34H40O5/c35-32(36)25-17-6-4-2-1-3-5-16-24-31-30(33(37)39-31)26-38-34(27-18-10-7-11-19-27,28-20-12-8-13-21-28)29-22-14-9-15-23-29/h7-15,18-23,30-31H,1-6,16-17,24-26H2,(H,35,36)/t30-,31-/m0/s1. The summed E-state index contributed by atoms with van der Waals surface area (Å²) in [6.45, 7) is 0.290. The average molecular weight is 529 g/mol. The van der Waals surface area contributed by atoms with E-state index in [2.05, 4.69) is 36.4 Å². The van der Waals surface area contributed by atoms with Gasteiger partial charge in [-0.25, -0.2) is 0 Å². The first kappa shape index (κ1) is 28.6. The molecule has 1 saturated heterocycles. The Bertz CT molecular complexity index is 1050. The number of carbonyl (C=O) groups excluding carboxylic acids is 1. The molecule has 5 heteroatoms. The second-order valence-electron chi connectivity index (χ2n) is 10.4. The Hall–Kier alpha value is -3.44. The van der Waals surface area contributed by atoms with Crippen molar-refractivity contribution < 1.29 is 24.2 Å². The number of aliphatic carboxylic acids is 1. The van der Waals surface area contributed by atoms with E-state index in [-0.39, 0.29) is 24.4 Å². The molecule has 1 aliphatic heterocycles. The lowest BCUT2D eigenvalue weighted by Crippen LogP contribution is -2.49. The molecule has 39 heavy (non-hydrogen) atoms. The molecule has 0 bridgehead atoms. The molecule has 0 saturated carbocycles. The summed E-state index contributed by atoms with van der Waals surface area (Å²) >= 11 is 0. The molecule has 0 aromatic heterocycles. The molecular weight excluding hydrogens is 488 g/mol. The number of carboxylic acids is 1. The van der Waals surface area contributed by atoms with Crippen LogP contribution in [-0.4, -0.2) is 29.8 Å². The molecule has 206 valence electrons. The molecule has 1 aliphatic rings. The third-order valence-electron chi connectivity index (χ3n) is 7.67. The van der Waals surface area contributed by atoms with Crippen molar-refractivity contribution in [3.63, 3.8) is 0 Å². The average Bonchev–Trinajstić information content (AvgIpc) is 2.97. The van der Waals surface area contributed by atoms with E-state index in [0.29, 0.717) is 6.61 Å². The monoisotopic (exact) mass is 528 g/mol. The van der Waals surface area contributed by atoms with E-state index in [1.165, 1.54) is 0 Å². The van der Waals surface area contributed by atoms with Crippen molar-refractivity contribution in [2.45, 2.75) is 75.9 Å². The van der Waals surface area contributed by atoms with E-state index in [0.717, 1.165) is 74.5 Å². The van der Waals surface area contributed by atoms with Gasteiger partial charge in [0.2, 0.25) is 0 Å². The summed E-state index contributed by atoms with van der Waals surface area (Å²) in [4.78, 5) is 23.1. The summed E-state index contributed by atoms with van der Waals surface area (Å²) in [5.41, 5.74) is 2.23. The third kappa shape index (κ3) is 7.57. The zero-order valence-corrected chi connectivity index (χ0v) is 22.7. The lowest BCUT2D eigenvalue weighted by atomic mass is 9.79. The Kier molecular flexibility index (Phi) is 10.7. The van der Waals surface area contributed by atoms with Crippen LogP contribution in [0.15, 0.2) is 91.0 Å². The Balaban J connectivity index is 1.35. The van der Waals surface area contributed by atoms with Crippen molar-refractivity contribution in [1.29, 1.82) is 0 Å². The third-order valence-corrected chi connectivity index (χ3v) is 7.67. The zero-order valence-electron chi connectivity index (χ0n) is 22.7. The van der Waals surface area contributed by atoms with Crippen molar-refractivity contribution in [1.82, 2.24) is 0 Å². The topological polar surface area (TPSA) is 72.8 Å². The molecule has 1 N–H and O–H groups in total. The lowest BCUT2D eigenvalue weighted by molar-refractivity contribution is -0.194. The number of unbranched alkanes of at least 4 members (excludes halogenated alkanes) is 7. The molecule has 0 unspecified atom stereocenters. The number of cyclic esters (lactones) is 1. The van der Waals surface area contributed by atoms with E-state index in [1.54, 1.807) is 0 Å². The molecule has 0 radical (unpaired) electrons. The maximum atomic E-state index is 12.5. The van der Waals surface area contributed by atoms with Crippen molar-refractivity contribution in [2.24, 2.45) is 5.92 Å². The smallest absolute Gasteiger partial charge is 0.315 e. The van der Waals surface area contributed by atoms with Gasteiger partial charge in [0.05, 0.1) is 6.61 Å². The summed E-state index contributed by atoms with van der Waals surface area (Å²) < 4.78 is 12.4. The summed E-state index contributed by atoms with van der Waals surface area (Å²) in [5, 5.41) is 8.71. The van der Waals surface area contributed by atoms with Gasteiger partial charge in [-0.15, -0.1) is 0 Å². The van der Waals surface area contributed by atoms with Crippen LogP contribution in [0.3, 0.4) is 0 Å². The minimum atomic E-state index is -0.839. The fourth-order valence-corrected chi connectivity index (χ4v) is 5.50. The maximum absolute atomic E-state index is 12.5. The highest BCUT2D eigenvalue weighted by molar-refractivity contribution is 5.78. The molecule has 0 amide bonds. The predicted molar refractivity (Wildman–Crippen MR) is 152 cm³/mol. The Morgan fingerprint density at radius 2 is 1.13 bits per heavy atom. The van der Waals surface area contributed by atoms with Crippen molar-refractivity contribution in [3.8, 4) is 0 Å². The number of hydrogen-bond donors (Lipinski definition) is 1. The Labute approximate surface area is 232 Å². The number of carboxylic acid groups (broad SMARTS) is 1. The van der Waals surface area contributed by atoms with Crippen LogP contribution in [0.5, 0.6) is 0 Å². The van der Waals surface area contributed by atoms with Gasteiger partial charge in [0.25, 0.3) is 0 Å². The number of carbonyl (C=O) groups is 2. The zero-order chi connectivity index (χ0) is 27.3. The second-order valence-corrected chi connectivity index (χ2v) is 10.4. The SMILES string of the molecule is O=C(O)CCCCCCCCCC[C@@H]1OC(=O)[C@H]1COC(c1ccccc1)(c1ccccc1)c1ccccc1. The number of ether oxygens (including phenoxy) is 2. The lowest BCUT2D eigenvalue weighted by Gasteiger charge is -2.40. The second kappa shape index (κ2) is 14.6. The van der Waals surface area contributed by atoms with Gasteiger partial charge in [-0.3, -0.25) is 9.59 Å². The van der Waals surface area contributed by atoms with Crippen LogP contribution in [0.1, 0.15) is 80.9 Å². The predicted octanol–water partition coefficient (Wildman–Crippen LogP) is 7.52. The molecule has 3 aromatic rings. The number of rotatable bonds is 17. The number of hydrogen-bond acceptors (Lipinski definition) is 4. The molecular formula is C34H40O5. The summed E-state index contributed by atoms with van der Waals surface area (Å²) in [5.74, 6) is -1.15. The van der Waals surface area contributed by atoms with Crippen LogP contribution < -0.4 is 0 Å². The number of benzene rings is 3. The highest BCUT2D eigenvalue weighted by Gasteiger charge is 2.45. The van der Waals surface area contributed by atoms with E-state index >= 15 is 0 Å². The van der Waals surface area contributed by atoms with Gasteiger partial charge in [0.1, 0.15) is 17.6 Å². The first-order chi connectivity index (χ1) is 19.1. The maximum Gasteiger partial charge on any atom is 0.315 e. The molecule has 1 heterocycles. The van der Waals surface area contributed by atoms with Crippen LogP contribution in [0.4, 0.5) is 0 Å². The molecule has 3 aromatic carbocycles. The summed E-state index contributed by atoms with van der Waals surface area (Å²) in [7, 11) is 0. The minimum absolute atomic E-state index is 0.103. The first-order valence-corrected chi connectivity index (χ1v) is 14.3. The molecule has 2 atom stereocenters. The van der Waals surface area contributed by atoms with E-state index in [1.807, 2.05) is 54.6 Å². The quantitative estimate of drug-likeness (QED) is 0.111. The van der Waals surface area contributed by atoms with Gasteiger partial charge in [0, 0.05) is 6.42 Å². The molecule has 1 fully saturated rings. The van der Waals surface area contributed by atoms with Gasteiger partial charge >= 0.3 is 11.9 Å². The highest BCUT2D eigenvalue weighted by Crippen LogP contribution is 2.42. The molecule has 0 spiro atoms. The Morgan fingerprint density at radius 3 is 1.56 bits per heavy atom. The van der Waals surface area contributed by atoms with Crippen LogP contribution in [0, 0.1) is 5.92 Å². The summed E-state index contributed by atoms with van der Waals surface area (Å²) in [6.07, 6.45) is 9.48. The van der Waals surface area contributed by atoms with Crippen LogP contribution in [-0.2, 0) is 24.7 Å². The fraction of sp³-hybridized carbons (Fsp3) is 0.412. The van der Waals surface area contributed by atoms with Gasteiger partial charge < -0.3 is 14.6 Å². The van der Waals surface area contributed by atoms with E-state index < -0.39 is 11.6 Å². The highest BCUT2D eigenvalue weighted by atomic mass is 16.6. The van der Waals surface area contributed by atoms with Crippen molar-refractivity contribution >= 4 is 11.9 Å². The van der Waals surface area contributed by atoms with Crippen molar-refractivity contribution in [2.75, 3.05) is 6.61 Å². The van der Waals surface area contributed by atoms with Gasteiger partial charge in [-0.05, 0) is 36.0 Å². The normalized spacial score (nSPS) is 16.9. The van der Waals surface area contributed by atoms with E-state index in [9.17, 15) is 9.59 Å². The van der Waals surface area contributed by atoms with Crippen LogP contribution in [0.25, 0.3) is 0 Å². The Morgan fingerprint density at radius 1 is 0.692 bits per heavy atom. The minimum Gasteiger partial charge on any atom is -0.481 e.